The third-order valence-electron chi connectivity index (χ3n) is 2.29. The standard InChI is InChI=1S/C13H10Cl2N2O2/c1-8-2-5-12(19-8)13(18)17-16-7-9-3-4-10(14)11(15)6-9/h2-7H,1H3,(H,17,18)/b16-7+. The monoisotopic (exact) mass is 296 g/mol. The highest BCUT2D eigenvalue weighted by Crippen LogP contribution is 2.21. The number of nitrogens with zero attached hydrogens (tertiary/aromatic N) is 1. The highest BCUT2D eigenvalue weighted by atomic mass is 35.5. The Morgan fingerprint density at radius 3 is 2.68 bits per heavy atom. The van der Waals surface area contributed by atoms with E-state index in [2.05, 4.69) is 10.5 Å². The largest absolute Gasteiger partial charge is 0.456 e. The number of carbonyl (C=O) groups excluding carboxylic acids is 1. The quantitative estimate of drug-likeness (QED) is 0.694. The Hall–Kier alpha value is -1.78. The summed E-state index contributed by atoms with van der Waals surface area (Å²) in [5, 5.41) is 4.71. The van der Waals surface area contributed by atoms with Crippen LogP contribution >= 0.6 is 23.2 Å². The van der Waals surface area contributed by atoms with Crippen LogP contribution < -0.4 is 5.43 Å². The van der Waals surface area contributed by atoms with Crippen LogP contribution in [0, 0.1) is 6.92 Å². The van der Waals surface area contributed by atoms with Crippen molar-refractivity contribution in [1.82, 2.24) is 5.43 Å². The fraction of sp³-hybridized carbons (Fsp3) is 0.0769. The van der Waals surface area contributed by atoms with Crippen LogP contribution in [0.15, 0.2) is 39.9 Å². The molecule has 0 aliphatic carbocycles. The molecule has 1 heterocycles. The van der Waals surface area contributed by atoms with E-state index in [1.807, 2.05) is 0 Å². The van der Waals surface area contributed by atoms with E-state index >= 15 is 0 Å². The highest BCUT2D eigenvalue weighted by molar-refractivity contribution is 6.42. The van der Waals surface area contributed by atoms with Gasteiger partial charge in [0.15, 0.2) is 5.76 Å². The summed E-state index contributed by atoms with van der Waals surface area (Å²) < 4.78 is 5.16. The Bertz CT molecular complexity index is 635. The average Bonchev–Trinajstić information content (AvgIpc) is 2.80. The molecular weight excluding hydrogens is 287 g/mol. The van der Waals surface area contributed by atoms with Crippen molar-refractivity contribution in [3.8, 4) is 0 Å². The summed E-state index contributed by atoms with van der Waals surface area (Å²) in [7, 11) is 0. The van der Waals surface area contributed by atoms with Crippen molar-refractivity contribution < 1.29 is 9.21 Å². The summed E-state index contributed by atoms with van der Waals surface area (Å²) in [5.41, 5.74) is 3.08. The first-order valence-corrected chi connectivity index (χ1v) is 6.17. The number of nitrogens with one attached hydrogen (secondary N) is 1. The van der Waals surface area contributed by atoms with E-state index in [0.29, 0.717) is 15.8 Å². The molecule has 0 bridgehead atoms. The maximum Gasteiger partial charge on any atom is 0.307 e. The molecule has 0 spiro atoms. The Morgan fingerprint density at radius 1 is 1.26 bits per heavy atom. The van der Waals surface area contributed by atoms with Gasteiger partial charge in [0.05, 0.1) is 16.3 Å². The number of hydrazone groups is 1. The van der Waals surface area contributed by atoms with Gasteiger partial charge in [-0.25, -0.2) is 5.43 Å². The van der Waals surface area contributed by atoms with Gasteiger partial charge in [0.2, 0.25) is 0 Å². The number of benzene rings is 1. The number of hydrogen-bond donors (Lipinski definition) is 1. The molecule has 6 heteroatoms. The lowest BCUT2D eigenvalue weighted by Gasteiger charge is -1.98. The predicted octanol–water partition coefficient (Wildman–Crippen LogP) is 3.66. The molecule has 2 aromatic rings. The molecule has 0 aliphatic rings. The maximum absolute atomic E-state index is 11.6. The van der Waals surface area contributed by atoms with Crippen LogP contribution in [0.4, 0.5) is 0 Å². The molecule has 0 saturated heterocycles. The van der Waals surface area contributed by atoms with Crippen LogP contribution in [-0.4, -0.2) is 12.1 Å². The minimum atomic E-state index is -0.413. The zero-order valence-corrected chi connectivity index (χ0v) is 11.5. The topological polar surface area (TPSA) is 54.6 Å². The second-order valence-corrected chi connectivity index (χ2v) is 4.60. The molecule has 1 aromatic heterocycles. The molecule has 0 atom stereocenters. The molecule has 0 radical (unpaired) electrons. The number of hydrogen-bond acceptors (Lipinski definition) is 3. The molecule has 4 nitrogen and oxygen atoms in total. The maximum atomic E-state index is 11.6. The highest BCUT2D eigenvalue weighted by Gasteiger charge is 2.07. The molecule has 1 N–H and O–H groups in total. The normalized spacial score (nSPS) is 10.9. The number of halogens is 2. The van der Waals surface area contributed by atoms with Crippen LogP contribution in [0.3, 0.4) is 0 Å². The van der Waals surface area contributed by atoms with E-state index in [1.165, 1.54) is 6.21 Å². The van der Waals surface area contributed by atoms with Crippen molar-refractivity contribution in [2.75, 3.05) is 0 Å². The van der Waals surface area contributed by atoms with E-state index in [-0.39, 0.29) is 5.76 Å². The van der Waals surface area contributed by atoms with Gasteiger partial charge in [-0.1, -0.05) is 29.3 Å². The van der Waals surface area contributed by atoms with Gasteiger partial charge in [0.25, 0.3) is 0 Å². The summed E-state index contributed by atoms with van der Waals surface area (Å²) in [5.74, 6) is 0.465. The van der Waals surface area contributed by atoms with Gasteiger partial charge in [-0.05, 0) is 36.8 Å². The fourth-order valence-corrected chi connectivity index (χ4v) is 1.68. The summed E-state index contributed by atoms with van der Waals surface area (Å²) in [6.45, 7) is 1.76. The average molecular weight is 297 g/mol. The number of aryl methyl sites for hydroxylation is 1. The van der Waals surface area contributed by atoms with Gasteiger partial charge < -0.3 is 4.42 Å². The molecule has 0 saturated carbocycles. The van der Waals surface area contributed by atoms with Crippen molar-refractivity contribution in [2.24, 2.45) is 5.10 Å². The molecule has 19 heavy (non-hydrogen) atoms. The number of carbonyl (C=O) groups is 1. The van der Waals surface area contributed by atoms with Crippen LogP contribution in [0.1, 0.15) is 21.9 Å². The molecule has 0 aliphatic heterocycles. The first-order chi connectivity index (χ1) is 9.06. The van der Waals surface area contributed by atoms with E-state index in [9.17, 15) is 4.79 Å². The van der Waals surface area contributed by atoms with Gasteiger partial charge in [-0.2, -0.15) is 5.10 Å². The molecule has 1 amide bonds. The molecule has 1 aromatic carbocycles. The van der Waals surface area contributed by atoms with Crippen molar-refractivity contribution in [3.63, 3.8) is 0 Å². The Morgan fingerprint density at radius 2 is 2.05 bits per heavy atom. The summed E-state index contributed by atoms with van der Waals surface area (Å²) in [6, 6.07) is 8.33. The Balaban J connectivity index is 2.00. The summed E-state index contributed by atoms with van der Waals surface area (Å²) >= 11 is 11.6. The SMILES string of the molecule is Cc1ccc(C(=O)N/N=C/c2ccc(Cl)c(Cl)c2)o1. The summed E-state index contributed by atoms with van der Waals surface area (Å²) in [4.78, 5) is 11.6. The lowest BCUT2D eigenvalue weighted by Crippen LogP contribution is -2.16. The van der Waals surface area contributed by atoms with E-state index in [1.54, 1.807) is 37.3 Å². The summed E-state index contributed by atoms with van der Waals surface area (Å²) in [6.07, 6.45) is 1.47. The Labute approximate surface area is 120 Å². The second kappa shape index (κ2) is 5.91. The zero-order valence-electron chi connectivity index (χ0n) is 9.98. The van der Waals surface area contributed by atoms with Gasteiger partial charge in [-0.15, -0.1) is 0 Å². The van der Waals surface area contributed by atoms with Crippen molar-refractivity contribution in [2.45, 2.75) is 6.92 Å². The van der Waals surface area contributed by atoms with Gasteiger partial charge in [-0.3, -0.25) is 4.79 Å². The molecular formula is C13H10Cl2N2O2. The molecule has 0 unspecified atom stereocenters. The second-order valence-electron chi connectivity index (χ2n) is 3.78. The lowest BCUT2D eigenvalue weighted by atomic mass is 10.2. The first kappa shape index (κ1) is 13.6. The third kappa shape index (κ3) is 3.59. The lowest BCUT2D eigenvalue weighted by molar-refractivity contribution is 0.0926. The van der Waals surface area contributed by atoms with E-state index < -0.39 is 5.91 Å². The molecule has 0 fully saturated rings. The minimum absolute atomic E-state index is 0.212. The number of furan rings is 1. The van der Waals surface area contributed by atoms with Crippen molar-refractivity contribution in [1.29, 1.82) is 0 Å². The van der Waals surface area contributed by atoms with Gasteiger partial charge in [0.1, 0.15) is 5.76 Å². The van der Waals surface area contributed by atoms with Gasteiger partial charge >= 0.3 is 5.91 Å². The number of amides is 1. The molecule has 98 valence electrons. The van der Waals surface area contributed by atoms with Crippen molar-refractivity contribution >= 4 is 35.3 Å². The van der Waals surface area contributed by atoms with Crippen molar-refractivity contribution in [3.05, 3.63) is 57.5 Å². The van der Waals surface area contributed by atoms with E-state index in [0.717, 1.165) is 5.56 Å². The van der Waals surface area contributed by atoms with Gasteiger partial charge in [0, 0.05) is 0 Å². The Kier molecular flexibility index (Phi) is 4.24. The molecule has 2 rings (SSSR count). The van der Waals surface area contributed by atoms with Crippen LogP contribution in [0.5, 0.6) is 0 Å². The third-order valence-corrected chi connectivity index (χ3v) is 3.03. The first-order valence-electron chi connectivity index (χ1n) is 5.41. The number of rotatable bonds is 3. The minimum Gasteiger partial charge on any atom is -0.456 e. The zero-order chi connectivity index (χ0) is 13.8. The fourth-order valence-electron chi connectivity index (χ4n) is 1.37. The van der Waals surface area contributed by atoms with Crippen LogP contribution in [-0.2, 0) is 0 Å². The van der Waals surface area contributed by atoms with Crippen LogP contribution in [0.25, 0.3) is 0 Å². The predicted molar refractivity (Wildman–Crippen MR) is 75.0 cm³/mol. The van der Waals surface area contributed by atoms with E-state index in [4.69, 9.17) is 27.6 Å². The smallest absolute Gasteiger partial charge is 0.307 e. The van der Waals surface area contributed by atoms with Crippen LogP contribution in [0.2, 0.25) is 10.0 Å².